The number of likely N-dealkylation sites (N-methyl/N-ethyl adjacent to an activating group) is 1. The van der Waals surface area contributed by atoms with E-state index in [1.54, 1.807) is 14.0 Å². The van der Waals surface area contributed by atoms with Gasteiger partial charge in [0, 0.05) is 12.1 Å². The molecule has 1 aromatic rings. The number of hydrogen-bond donors (Lipinski definition) is 0. The van der Waals surface area contributed by atoms with Crippen LogP contribution in [0.2, 0.25) is 0 Å². The van der Waals surface area contributed by atoms with E-state index >= 15 is 0 Å². The lowest BCUT2D eigenvalue weighted by Crippen LogP contribution is -2.24. The van der Waals surface area contributed by atoms with Crippen LogP contribution in [-0.4, -0.2) is 31.4 Å². The Morgan fingerprint density at radius 1 is 1.39 bits per heavy atom. The molecule has 0 saturated heterocycles. The SMILES string of the molecule is COc1cc(C(C)C)ccc1CN(C)CC(C)=O. The normalized spacial score (nSPS) is 11.1. The van der Waals surface area contributed by atoms with Crippen molar-refractivity contribution in [2.24, 2.45) is 0 Å². The second-order valence-electron chi connectivity index (χ2n) is 5.10. The monoisotopic (exact) mass is 249 g/mol. The van der Waals surface area contributed by atoms with E-state index in [0.29, 0.717) is 12.5 Å². The lowest BCUT2D eigenvalue weighted by Gasteiger charge is -2.18. The van der Waals surface area contributed by atoms with Gasteiger partial charge in [-0.15, -0.1) is 0 Å². The van der Waals surface area contributed by atoms with Gasteiger partial charge >= 0.3 is 0 Å². The van der Waals surface area contributed by atoms with Crippen molar-refractivity contribution in [2.75, 3.05) is 20.7 Å². The molecule has 0 aromatic heterocycles. The van der Waals surface area contributed by atoms with E-state index in [4.69, 9.17) is 4.74 Å². The summed E-state index contributed by atoms with van der Waals surface area (Å²) in [7, 11) is 3.63. The maximum atomic E-state index is 11.1. The van der Waals surface area contributed by atoms with E-state index in [1.807, 2.05) is 11.9 Å². The van der Waals surface area contributed by atoms with Crippen LogP contribution < -0.4 is 4.74 Å². The number of benzene rings is 1. The number of carbonyl (C=O) groups is 1. The van der Waals surface area contributed by atoms with Crippen molar-refractivity contribution in [1.82, 2.24) is 4.90 Å². The predicted octanol–water partition coefficient (Wildman–Crippen LogP) is 2.84. The molecule has 100 valence electrons. The quantitative estimate of drug-likeness (QED) is 0.776. The Balaban J connectivity index is 2.85. The molecule has 0 aliphatic heterocycles. The number of ether oxygens (including phenoxy) is 1. The second-order valence-corrected chi connectivity index (χ2v) is 5.10. The molecule has 18 heavy (non-hydrogen) atoms. The van der Waals surface area contributed by atoms with Crippen LogP contribution in [0.25, 0.3) is 0 Å². The topological polar surface area (TPSA) is 29.5 Å². The number of nitrogens with zero attached hydrogens (tertiary/aromatic N) is 1. The molecule has 0 aliphatic carbocycles. The fraction of sp³-hybridized carbons (Fsp3) is 0.533. The first-order valence-electron chi connectivity index (χ1n) is 6.28. The Morgan fingerprint density at radius 2 is 2.06 bits per heavy atom. The molecule has 1 aromatic carbocycles. The van der Waals surface area contributed by atoms with Gasteiger partial charge in [-0.05, 0) is 31.5 Å². The molecule has 0 radical (unpaired) electrons. The van der Waals surface area contributed by atoms with Gasteiger partial charge in [-0.1, -0.05) is 26.0 Å². The van der Waals surface area contributed by atoms with Gasteiger partial charge in [0.1, 0.15) is 11.5 Å². The predicted molar refractivity (Wildman–Crippen MR) is 74.1 cm³/mol. The van der Waals surface area contributed by atoms with E-state index in [0.717, 1.165) is 17.9 Å². The molecule has 0 spiro atoms. The van der Waals surface area contributed by atoms with Crippen LogP contribution in [0.3, 0.4) is 0 Å². The molecule has 0 heterocycles. The Bertz CT molecular complexity index is 413. The van der Waals surface area contributed by atoms with E-state index < -0.39 is 0 Å². The molecule has 0 amide bonds. The van der Waals surface area contributed by atoms with Crippen molar-refractivity contribution in [3.8, 4) is 5.75 Å². The summed E-state index contributed by atoms with van der Waals surface area (Å²) >= 11 is 0. The summed E-state index contributed by atoms with van der Waals surface area (Å²) in [5, 5.41) is 0. The zero-order chi connectivity index (χ0) is 13.7. The van der Waals surface area contributed by atoms with Gasteiger partial charge in [0.25, 0.3) is 0 Å². The highest BCUT2D eigenvalue weighted by Gasteiger charge is 2.10. The fourth-order valence-electron chi connectivity index (χ4n) is 1.98. The molecule has 0 saturated carbocycles. The fourth-order valence-corrected chi connectivity index (χ4v) is 1.98. The smallest absolute Gasteiger partial charge is 0.143 e. The molecule has 0 fully saturated rings. The Hall–Kier alpha value is -1.35. The summed E-state index contributed by atoms with van der Waals surface area (Å²) < 4.78 is 5.43. The van der Waals surface area contributed by atoms with Crippen molar-refractivity contribution in [2.45, 2.75) is 33.2 Å². The molecule has 0 bridgehead atoms. The van der Waals surface area contributed by atoms with Crippen LogP contribution >= 0.6 is 0 Å². The molecule has 0 N–H and O–H groups in total. The molecule has 0 aliphatic rings. The maximum Gasteiger partial charge on any atom is 0.143 e. The highest BCUT2D eigenvalue weighted by Crippen LogP contribution is 2.25. The van der Waals surface area contributed by atoms with Gasteiger partial charge in [-0.25, -0.2) is 0 Å². The standard InChI is InChI=1S/C15H23NO2/c1-11(2)13-6-7-14(15(8-13)18-5)10-16(4)9-12(3)17/h6-8,11H,9-10H2,1-5H3. The van der Waals surface area contributed by atoms with Crippen LogP contribution in [0, 0.1) is 0 Å². The van der Waals surface area contributed by atoms with Crippen molar-refractivity contribution in [1.29, 1.82) is 0 Å². The third-order valence-electron chi connectivity index (χ3n) is 2.91. The van der Waals surface area contributed by atoms with E-state index in [9.17, 15) is 4.79 Å². The van der Waals surface area contributed by atoms with Gasteiger partial charge in [0.15, 0.2) is 0 Å². The largest absolute Gasteiger partial charge is 0.496 e. The highest BCUT2D eigenvalue weighted by molar-refractivity contribution is 5.77. The van der Waals surface area contributed by atoms with E-state index in [1.165, 1.54) is 5.56 Å². The first-order valence-corrected chi connectivity index (χ1v) is 6.28. The van der Waals surface area contributed by atoms with Gasteiger partial charge < -0.3 is 4.74 Å². The van der Waals surface area contributed by atoms with Crippen LogP contribution in [-0.2, 0) is 11.3 Å². The number of rotatable bonds is 6. The minimum absolute atomic E-state index is 0.176. The van der Waals surface area contributed by atoms with E-state index in [-0.39, 0.29) is 5.78 Å². The van der Waals surface area contributed by atoms with Crippen LogP contribution in [0.1, 0.15) is 37.8 Å². The zero-order valence-corrected chi connectivity index (χ0v) is 12.0. The number of ketones is 1. The van der Waals surface area contributed by atoms with Crippen molar-refractivity contribution >= 4 is 5.78 Å². The second kappa shape index (κ2) is 6.55. The first kappa shape index (κ1) is 14.7. The first-order chi connectivity index (χ1) is 8.43. The summed E-state index contributed by atoms with van der Waals surface area (Å²) in [6.07, 6.45) is 0. The van der Waals surface area contributed by atoms with E-state index in [2.05, 4.69) is 32.0 Å². The molecule has 0 atom stereocenters. The Labute approximate surface area is 110 Å². The Kier molecular flexibility index (Phi) is 5.35. The number of carbonyl (C=O) groups excluding carboxylic acids is 1. The highest BCUT2D eigenvalue weighted by atomic mass is 16.5. The van der Waals surface area contributed by atoms with Crippen LogP contribution in [0.4, 0.5) is 0 Å². The molecule has 1 rings (SSSR count). The molecular formula is C15H23NO2. The Morgan fingerprint density at radius 3 is 2.56 bits per heavy atom. The summed E-state index contributed by atoms with van der Waals surface area (Å²) in [6.45, 7) is 7.12. The van der Waals surface area contributed by atoms with Crippen molar-refractivity contribution in [3.63, 3.8) is 0 Å². The summed E-state index contributed by atoms with van der Waals surface area (Å²) in [5.41, 5.74) is 2.38. The van der Waals surface area contributed by atoms with Gasteiger partial charge in [0.05, 0.1) is 13.7 Å². The van der Waals surface area contributed by atoms with Crippen molar-refractivity contribution < 1.29 is 9.53 Å². The van der Waals surface area contributed by atoms with Gasteiger partial charge in [-0.2, -0.15) is 0 Å². The minimum Gasteiger partial charge on any atom is -0.496 e. The molecule has 3 heteroatoms. The number of Topliss-reactive ketones (excluding diaryl/α,β-unsaturated/α-hetero) is 1. The van der Waals surface area contributed by atoms with Gasteiger partial charge in [0.2, 0.25) is 0 Å². The minimum atomic E-state index is 0.176. The third kappa shape index (κ3) is 4.15. The average Bonchev–Trinajstić information content (AvgIpc) is 2.27. The third-order valence-corrected chi connectivity index (χ3v) is 2.91. The summed E-state index contributed by atoms with van der Waals surface area (Å²) in [5.74, 6) is 1.56. The molecular weight excluding hydrogens is 226 g/mol. The lowest BCUT2D eigenvalue weighted by molar-refractivity contribution is -0.117. The van der Waals surface area contributed by atoms with Crippen LogP contribution in [0.5, 0.6) is 5.75 Å². The van der Waals surface area contributed by atoms with Gasteiger partial charge in [-0.3, -0.25) is 9.69 Å². The zero-order valence-electron chi connectivity index (χ0n) is 12.0. The maximum absolute atomic E-state index is 11.1. The van der Waals surface area contributed by atoms with Crippen LogP contribution in [0.15, 0.2) is 18.2 Å². The number of methoxy groups -OCH3 is 1. The average molecular weight is 249 g/mol. The molecule has 0 unspecified atom stereocenters. The summed E-state index contributed by atoms with van der Waals surface area (Å²) in [6, 6.07) is 6.30. The summed E-state index contributed by atoms with van der Waals surface area (Å²) in [4.78, 5) is 13.1. The van der Waals surface area contributed by atoms with Crippen molar-refractivity contribution in [3.05, 3.63) is 29.3 Å². The molecule has 3 nitrogen and oxygen atoms in total. The number of hydrogen-bond acceptors (Lipinski definition) is 3. The lowest BCUT2D eigenvalue weighted by atomic mass is 10.0.